The molecule has 0 atom stereocenters. The Labute approximate surface area is 174 Å². The van der Waals surface area contributed by atoms with Gasteiger partial charge in [0.15, 0.2) is 0 Å². The zero-order valence-corrected chi connectivity index (χ0v) is 16.1. The molecule has 0 aliphatic carbocycles. The van der Waals surface area contributed by atoms with Gasteiger partial charge >= 0.3 is 0 Å². The summed E-state index contributed by atoms with van der Waals surface area (Å²) in [6.45, 7) is 0. The topological polar surface area (TPSA) is 109 Å². The Morgan fingerprint density at radius 1 is 1.10 bits per heavy atom. The van der Waals surface area contributed by atoms with E-state index in [1.165, 1.54) is 30.3 Å². The molecule has 0 saturated heterocycles. The summed E-state index contributed by atoms with van der Waals surface area (Å²) in [7, 11) is 0. The second-order valence-electron chi connectivity index (χ2n) is 5.76. The largest absolute Gasteiger partial charge is 0.457 e. The van der Waals surface area contributed by atoms with E-state index < -0.39 is 10.8 Å². The molecule has 9 heteroatoms. The lowest BCUT2D eigenvalue weighted by molar-refractivity contribution is -0.384. The van der Waals surface area contributed by atoms with Crippen molar-refractivity contribution >= 4 is 46.6 Å². The van der Waals surface area contributed by atoms with Crippen molar-refractivity contribution in [3.8, 4) is 17.4 Å². The Balaban J connectivity index is 1.78. The van der Waals surface area contributed by atoms with Gasteiger partial charge in [0.1, 0.15) is 23.2 Å². The molecule has 2 aromatic carbocycles. The molecule has 7 nitrogen and oxygen atoms in total. The van der Waals surface area contributed by atoms with Crippen molar-refractivity contribution in [2.45, 2.75) is 0 Å². The standard InChI is InChI=1S/C20H11Cl2N3O4/c21-17-7-3-14(10-18(17)22)24-20(26)13(11-23)9-16-6-8-19(29-16)12-1-4-15(5-2-12)25(27)28/h1-10H,(H,24,26)/b13-9-. The third kappa shape index (κ3) is 4.82. The first kappa shape index (κ1) is 20.1. The lowest BCUT2D eigenvalue weighted by Crippen LogP contribution is -2.13. The molecule has 0 radical (unpaired) electrons. The smallest absolute Gasteiger partial charge is 0.269 e. The number of carbonyl (C=O) groups excluding carboxylic acids is 1. The highest BCUT2D eigenvalue weighted by molar-refractivity contribution is 6.42. The summed E-state index contributed by atoms with van der Waals surface area (Å²) in [6, 6.07) is 15.4. The molecule has 29 heavy (non-hydrogen) atoms. The first-order chi connectivity index (χ1) is 13.9. The zero-order valence-electron chi connectivity index (χ0n) is 14.6. The Morgan fingerprint density at radius 2 is 1.83 bits per heavy atom. The number of carbonyl (C=O) groups is 1. The van der Waals surface area contributed by atoms with Crippen LogP contribution < -0.4 is 5.32 Å². The van der Waals surface area contributed by atoms with Crippen molar-refractivity contribution in [1.82, 2.24) is 0 Å². The quantitative estimate of drug-likeness (QED) is 0.242. The summed E-state index contributed by atoms with van der Waals surface area (Å²) in [5.41, 5.74) is 0.789. The summed E-state index contributed by atoms with van der Waals surface area (Å²) in [6.07, 6.45) is 1.29. The number of non-ortho nitro benzene ring substituents is 1. The number of hydrogen-bond acceptors (Lipinski definition) is 5. The van der Waals surface area contributed by atoms with Gasteiger partial charge in [0.25, 0.3) is 11.6 Å². The highest BCUT2D eigenvalue weighted by Gasteiger charge is 2.13. The highest BCUT2D eigenvalue weighted by Crippen LogP contribution is 2.27. The van der Waals surface area contributed by atoms with Crippen LogP contribution in [0.1, 0.15) is 5.76 Å². The van der Waals surface area contributed by atoms with Crippen molar-refractivity contribution < 1.29 is 14.1 Å². The number of amides is 1. The molecule has 3 aromatic rings. The number of anilines is 1. The van der Waals surface area contributed by atoms with E-state index in [0.29, 0.717) is 22.0 Å². The molecular formula is C20H11Cl2N3O4. The number of benzene rings is 2. The first-order valence-corrected chi connectivity index (χ1v) is 8.86. The number of halogens is 2. The van der Waals surface area contributed by atoms with Crippen molar-refractivity contribution in [3.63, 3.8) is 0 Å². The van der Waals surface area contributed by atoms with Crippen LogP contribution >= 0.6 is 23.2 Å². The van der Waals surface area contributed by atoms with Crippen LogP contribution in [0.4, 0.5) is 11.4 Å². The third-order valence-electron chi connectivity index (χ3n) is 3.82. The average molecular weight is 428 g/mol. The maximum absolute atomic E-state index is 12.3. The van der Waals surface area contributed by atoms with Crippen LogP contribution in [-0.2, 0) is 4.79 Å². The van der Waals surface area contributed by atoms with E-state index >= 15 is 0 Å². The number of rotatable bonds is 5. The number of nitro groups is 1. The summed E-state index contributed by atoms with van der Waals surface area (Å²) in [5, 5.41) is 23.2. The lowest BCUT2D eigenvalue weighted by atomic mass is 10.1. The van der Waals surface area contributed by atoms with Crippen LogP contribution in [0, 0.1) is 21.4 Å². The second-order valence-corrected chi connectivity index (χ2v) is 6.57. The van der Waals surface area contributed by atoms with E-state index in [1.54, 1.807) is 30.3 Å². The van der Waals surface area contributed by atoms with Crippen molar-refractivity contribution in [1.29, 1.82) is 5.26 Å². The minimum Gasteiger partial charge on any atom is -0.457 e. The predicted molar refractivity (Wildman–Crippen MR) is 109 cm³/mol. The normalized spacial score (nSPS) is 11.0. The van der Waals surface area contributed by atoms with E-state index in [2.05, 4.69) is 5.32 Å². The SMILES string of the molecule is N#C/C(=C/c1ccc(-c2ccc([N+](=O)[O-])cc2)o1)C(=O)Nc1ccc(Cl)c(Cl)c1. The molecule has 0 bridgehead atoms. The van der Waals surface area contributed by atoms with E-state index in [1.807, 2.05) is 6.07 Å². The van der Waals surface area contributed by atoms with E-state index in [0.717, 1.165) is 0 Å². The molecule has 0 aliphatic rings. The highest BCUT2D eigenvalue weighted by atomic mass is 35.5. The first-order valence-electron chi connectivity index (χ1n) is 8.10. The zero-order chi connectivity index (χ0) is 21.0. The number of nitrogens with one attached hydrogen (secondary N) is 1. The van der Waals surface area contributed by atoms with Gasteiger partial charge in [0.05, 0.1) is 15.0 Å². The van der Waals surface area contributed by atoms with Crippen LogP contribution in [0.25, 0.3) is 17.4 Å². The van der Waals surface area contributed by atoms with E-state index in [-0.39, 0.29) is 22.0 Å². The monoisotopic (exact) mass is 427 g/mol. The van der Waals surface area contributed by atoms with E-state index in [9.17, 15) is 20.2 Å². The number of furan rings is 1. The molecule has 1 aromatic heterocycles. The van der Waals surface area contributed by atoms with Crippen molar-refractivity contribution in [2.75, 3.05) is 5.32 Å². The van der Waals surface area contributed by atoms with E-state index in [4.69, 9.17) is 27.6 Å². The van der Waals surface area contributed by atoms with Crippen LogP contribution in [0.15, 0.2) is 64.6 Å². The summed E-state index contributed by atoms with van der Waals surface area (Å²) in [4.78, 5) is 22.6. The van der Waals surface area contributed by atoms with Gasteiger partial charge in [0.2, 0.25) is 0 Å². The lowest BCUT2D eigenvalue weighted by Gasteiger charge is -2.05. The summed E-state index contributed by atoms with van der Waals surface area (Å²) in [5.74, 6) is 0.0756. The van der Waals surface area contributed by atoms with Gasteiger partial charge < -0.3 is 9.73 Å². The Hall–Kier alpha value is -3.60. The molecule has 0 saturated carbocycles. The van der Waals surface area contributed by atoms with Crippen LogP contribution in [-0.4, -0.2) is 10.8 Å². The van der Waals surface area contributed by atoms with Crippen LogP contribution in [0.3, 0.4) is 0 Å². The van der Waals surface area contributed by atoms with Gasteiger partial charge in [0, 0.05) is 29.5 Å². The van der Waals surface area contributed by atoms with Gasteiger partial charge in [-0.2, -0.15) is 5.26 Å². The molecule has 144 valence electrons. The number of nitriles is 1. The minimum atomic E-state index is -0.640. The molecule has 1 heterocycles. The molecule has 0 unspecified atom stereocenters. The minimum absolute atomic E-state index is 0.0360. The van der Waals surface area contributed by atoms with Crippen LogP contribution in [0.5, 0.6) is 0 Å². The van der Waals surface area contributed by atoms with Gasteiger partial charge in [-0.05, 0) is 42.5 Å². The fraction of sp³-hybridized carbons (Fsp3) is 0. The van der Waals surface area contributed by atoms with Crippen molar-refractivity contribution in [2.24, 2.45) is 0 Å². The average Bonchev–Trinajstić information content (AvgIpc) is 3.17. The number of nitrogens with zero attached hydrogens (tertiary/aromatic N) is 2. The molecule has 0 spiro atoms. The number of hydrogen-bond donors (Lipinski definition) is 1. The molecule has 0 fully saturated rings. The van der Waals surface area contributed by atoms with Crippen molar-refractivity contribution in [3.05, 3.63) is 86.1 Å². The van der Waals surface area contributed by atoms with Gasteiger partial charge in [-0.1, -0.05) is 23.2 Å². The molecule has 1 amide bonds. The maximum atomic E-state index is 12.3. The summed E-state index contributed by atoms with van der Waals surface area (Å²) < 4.78 is 5.62. The third-order valence-corrected chi connectivity index (χ3v) is 4.56. The molecule has 0 aliphatic heterocycles. The number of nitro benzene ring substituents is 1. The molecule has 1 N–H and O–H groups in total. The predicted octanol–water partition coefficient (Wildman–Crippen LogP) is 5.71. The second kappa shape index (κ2) is 8.61. The fourth-order valence-corrected chi connectivity index (χ4v) is 2.69. The molecule has 3 rings (SSSR count). The van der Waals surface area contributed by atoms with Crippen LogP contribution in [0.2, 0.25) is 10.0 Å². The van der Waals surface area contributed by atoms with Gasteiger partial charge in [-0.3, -0.25) is 14.9 Å². The fourth-order valence-electron chi connectivity index (χ4n) is 2.40. The van der Waals surface area contributed by atoms with Gasteiger partial charge in [-0.25, -0.2) is 0 Å². The maximum Gasteiger partial charge on any atom is 0.269 e. The summed E-state index contributed by atoms with van der Waals surface area (Å²) >= 11 is 11.8. The molecular weight excluding hydrogens is 417 g/mol. The Kier molecular flexibility index (Phi) is 5.98. The Bertz CT molecular complexity index is 1160. The van der Waals surface area contributed by atoms with Gasteiger partial charge in [-0.15, -0.1) is 0 Å². The Morgan fingerprint density at radius 3 is 2.45 bits per heavy atom.